The zero-order chi connectivity index (χ0) is 18.5. The molecular formula is C21H17NO4. The fourth-order valence-corrected chi connectivity index (χ4v) is 2.60. The van der Waals surface area contributed by atoms with E-state index in [0.29, 0.717) is 11.3 Å². The van der Waals surface area contributed by atoms with Gasteiger partial charge in [0.15, 0.2) is 0 Å². The third kappa shape index (κ3) is 3.72. The molecular weight excluding hydrogens is 330 g/mol. The van der Waals surface area contributed by atoms with Crippen LogP contribution in [0.1, 0.15) is 20.7 Å². The van der Waals surface area contributed by atoms with Crippen molar-refractivity contribution >= 4 is 17.6 Å². The standard InChI is InChI=1S/C21H17NO4/c1-26-17-9-5-8-15(12-17)16-10-11-18(21(24)25)19(13-16)22-20(23)14-6-3-2-4-7-14/h2-13H,1H3,(H,22,23)(H,24,25). The Hall–Kier alpha value is -3.60. The number of anilines is 1. The first kappa shape index (κ1) is 17.2. The number of ether oxygens (including phenoxy) is 1. The molecule has 0 atom stereocenters. The molecule has 3 aromatic carbocycles. The van der Waals surface area contributed by atoms with E-state index in [2.05, 4.69) is 5.32 Å². The Kier molecular flexibility index (Phi) is 4.99. The number of carboxylic acids is 1. The lowest BCUT2D eigenvalue weighted by Crippen LogP contribution is -2.14. The van der Waals surface area contributed by atoms with Crippen LogP contribution in [-0.4, -0.2) is 24.1 Å². The van der Waals surface area contributed by atoms with Gasteiger partial charge in [-0.2, -0.15) is 0 Å². The minimum atomic E-state index is -1.11. The number of nitrogens with one attached hydrogen (secondary N) is 1. The lowest BCUT2D eigenvalue weighted by Gasteiger charge is -2.12. The summed E-state index contributed by atoms with van der Waals surface area (Å²) in [7, 11) is 1.58. The summed E-state index contributed by atoms with van der Waals surface area (Å²) in [5.74, 6) is -0.777. The number of methoxy groups -OCH3 is 1. The molecule has 0 unspecified atom stereocenters. The van der Waals surface area contributed by atoms with Gasteiger partial charge in [-0.1, -0.05) is 36.4 Å². The molecule has 0 aliphatic heterocycles. The van der Waals surface area contributed by atoms with Crippen LogP contribution in [0.4, 0.5) is 5.69 Å². The summed E-state index contributed by atoms with van der Waals surface area (Å²) in [5.41, 5.74) is 2.36. The molecule has 0 saturated carbocycles. The van der Waals surface area contributed by atoms with Gasteiger partial charge in [0.1, 0.15) is 5.75 Å². The fraction of sp³-hybridized carbons (Fsp3) is 0.0476. The molecule has 3 aromatic rings. The third-order valence-corrected chi connectivity index (χ3v) is 3.94. The number of benzene rings is 3. The van der Waals surface area contributed by atoms with Gasteiger partial charge in [0.05, 0.1) is 18.4 Å². The van der Waals surface area contributed by atoms with E-state index in [-0.39, 0.29) is 17.2 Å². The molecule has 26 heavy (non-hydrogen) atoms. The van der Waals surface area contributed by atoms with Crippen molar-refractivity contribution < 1.29 is 19.4 Å². The Morgan fingerprint density at radius 3 is 2.31 bits per heavy atom. The maximum atomic E-state index is 12.4. The zero-order valence-corrected chi connectivity index (χ0v) is 14.1. The lowest BCUT2D eigenvalue weighted by atomic mass is 10.0. The van der Waals surface area contributed by atoms with Crippen LogP contribution in [0, 0.1) is 0 Å². The number of hydrogen-bond donors (Lipinski definition) is 2. The van der Waals surface area contributed by atoms with Gasteiger partial charge in [0, 0.05) is 5.56 Å². The van der Waals surface area contributed by atoms with E-state index >= 15 is 0 Å². The van der Waals surface area contributed by atoms with Gasteiger partial charge in [-0.15, -0.1) is 0 Å². The Balaban J connectivity index is 1.99. The summed E-state index contributed by atoms with van der Waals surface area (Å²) in [6.45, 7) is 0. The van der Waals surface area contributed by atoms with E-state index in [9.17, 15) is 14.7 Å². The van der Waals surface area contributed by atoms with Crippen LogP contribution in [-0.2, 0) is 0 Å². The summed E-state index contributed by atoms with van der Waals surface area (Å²) in [4.78, 5) is 23.9. The highest BCUT2D eigenvalue weighted by atomic mass is 16.5. The summed E-state index contributed by atoms with van der Waals surface area (Å²) in [6.07, 6.45) is 0. The molecule has 5 heteroatoms. The van der Waals surface area contributed by atoms with Crippen molar-refractivity contribution in [3.63, 3.8) is 0 Å². The number of aromatic carboxylic acids is 1. The molecule has 1 amide bonds. The minimum absolute atomic E-state index is 0.0286. The van der Waals surface area contributed by atoms with E-state index in [4.69, 9.17) is 4.74 Å². The quantitative estimate of drug-likeness (QED) is 0.721. The van der Waals surface area contributed by atoms with Gasteiger partial charge >= 0.3 is 5.97 Å². The number of hydrogen-bond acceptors (Lipinski definition) is 3. The Morgan fingerprint density at radius 2 is 1.62 bits per heavy atom. The molecule has 0 heterocycles. The largest absolute Gasteiger partial charge is 0.497 e. The average Bonchev–Trinajstić information content (AvgIpc) is 2.68. The van der Waals surface area contributed by atoms with Crippen molar-refractivity contribution in [2.75, 3.05) is 12.4 Å². The zero-order valence-electron chi connectivity index (χ0n) is 14.1. The Bertz CT molecular complexity index is 951. The molecule has 2 N–H and O–H groups in total. The van der Waals surface area contributed by atoms with Crippen molar-refractivity contribution in [2.24, 2.45) is 0 Å². The number of rotatable bonds is 5. The number of amides is 1. The maximum absolute atomic E-state index is 12.4. The van der Waals surface area contributed by atoms with Gasteiger partial charge in [-0.05, 0) is 47.5 Å². The van der Waals surface area contributed by atoms with Crippen molar-refractivity contribution in [2.45, 2.75) is 0 Å². The number of carboxylic acid groups (broad SMARTS) is 1. The lowest BCUT2D eigenvalue weighted by molar-refractivity contribution is 0.0698. The maximum Gasteiger partial charge on any atom is 0.337 e. The molecule has 130 valence electrons. The van der Waals surface area contributed by atoms with Crippen LogP contribution in [0.25, 0.3) is 11.1 Å². The first-order valence-electron chi connectivity index (χ1n) is 7.96. The normalized spacial score (nSPS) is 10.2. The Labute approximate surface area is 150 Å². The van der Waals surface area contributed by atoms with Crippen LogP contribution >= 0.6 is 0 Å². The smallest absolute Gasteiger partial charge is 0.337 e. The first-order chi connectivity index (χ1) is 12.6. The molecule has 0 radical (unpaired) electrons. The summed E-state index contributed by atoms with van der Waals surface area (Å²) in [5, 5.41) is 12.1. The van der Waals surface area contributed by atoms with Gasteiger partial charge < -0.3 is 15.2 Å². The molecule has 0 bridgehead atoms. The summed E-state index contributed by atoms with van der Waals surface area (Å²) in [6, 6.07) is 20.9. The molecule has 0 aliphatic rings. The monoisotopic (exact) mass is 347 g/mol. The van der Waals surface area contributed by atoms with Crippen LogP contribution in [0.2, 0.25) is 0 Å². The molecule has 5 nitrogen and oxygen atoms in total. The Morgan fingerprint density at radius 1 is 0.885 bits per heavy atom. The number of carbonyl (C=O) groups is 2. The predicted molar refractivity (Wildman–Crippen MR) is 99.8 cm³/mol. The van der Waals surface area contributed by atoms with Crippen LogP contribution < -0.4 is 10.1 Å². The average molecular weight is 347 g/mol. The van der Waals surface area contributed by atoms with E-state index < -0.39 is 5.97 Å². The van der Waals surface area contributed by atoms with E-state index in [1.54, 1.807) is 43.5 Å². The van der Waals surface area contributed by atoms with E-state index in [1.165, 1.54) is 6.07 Å². The molecule has 0 aromatic heterocycles. The fourth-order valence-electron chi connectivity index (χ4n) is 2.60. The second-order valence-electron chi connectivity index (χ2n) is 5.62. The van der Waals surface area contributed by atoms with Crippen molar-refractivity contribution in [3.8, 4) is 16.9 Å². The summed E-state index contributed by atoms with van der Waals surface area (Å²) >= 11 is 0. The van der Waals surface area contributed by atoms with Crippen LogP contribution in [0.3, 0.4) is 0 Å². The van der Waals surface area contributed by atoms with Crippen LogP contribution in [0.15, 0.2) is 72.8 Å². The van der Waals surface area contributed by atoms with E-state index in [1.807, 2.05) is 30.3 Å². The second-order valence-corrected chi connectivity index (χ2v) is 5.62. The third-order valence-electron chi connectivity index (χ3n) is 3.94. The highest BCUT2D eigenvalue weighted by molar-refractivity contribution is 6.08. The van der Waals surface area contributed by atoms with E-state index in [0.717, 1.165) is 11.1 Å². The van der Waals surface area contributed by atoms with Gasteiger partial charge in [0.2, 0.25) is 0 Å². The predicted octanol–water partition coefficient (Wildman–Crippen LogP) is 4.31. The van der Waals surface area contributed by atoms with Gasteiger partial charge in [-0.3, -0.25) is 4.79 Å². The van der Waals surface area contributed by atoms with Crippen molar-refractivity contribution in [1.29, 1.82) is 0 Å². The molecule has 0 spiro atoms. The van der Waals surface area contributed by atoms with Crippen molar-refractivity contribution in [1.82, 2.24) is 0 Å². The SMILES string of the molecule is COc1cccc(-c2ccc(C(=O)O)c(NC(=O)c3ccccc3)c2)c1. The molecule has 0 fully saturated rings. The highest BCUT2D eigenvalue weighted by Gasteiger charge is 2.15. The van der Waals surface area contributed by atoms with Gasteiger partial charge in [0.25, 0.3) is 5.91 Å². The molecule has 3 rings (SSSR count). The highest BCUT2D eigenvalue weighted by Crippen LogP contribution is 2.28. The first-order valence-corrected chi connectivity index (χ1v) is 7.96. The topological polar surface area (TPSA) is 75.6 Å². The van der Waals surface area contributed by atoms with Crippen molar-refractivity contribution in [3.05, 3.63) is 83.9 Å². The minimum Gasteiger partial charge on any atom is -0.497 e. The molecule has 0 saturated heterocycles. The van der Waals surface area contributed by atoms with Crippen LogP contribution in [0.5, 0.6) is 5.75 Å². The van der Waals surface area contributed by atoms with Gasteiger partial charge in [-0.25, -0.2) is 4.79 Å². The summed E-state index contributed by atoms with van der Waals surface area (Å²) < 4.78 is 5.23. The number of carbonyl (C=O) groups excluding carboxylic acids is 1. The second kappa shape index (κ2) is 7.53. The molecule has 0 aliphatic carbocycles.